The fourth-order valence-electron chi connectivity index (χ4n) is 3.26. The summed E-state index contributed by atoms with van der Waals surface area (Å²) in [5.41, 5.74) is 0.895. The molecule has 1 aliphatic carbocycles. The predicted molar refractivity (Wildman–Crippen MR) is 116 cm³/mol. The van der Waals surface area contributed by atoms with Gasteiger partial charge in [-0.15, -0.1) is 0 Å². The van der Waals surface area contributed by atoms with Crippen molar-refractivity contribution in [3.05, 3.63) is 39.6 Å². The van der Waals surface area contributed by atoms with E-state index in [0.717, 1.165) is 30.0 Å². The molecular formula is C19H23N7O2S2. The molecule has 0 radical (unpaired) electrons. The zero-order chi connectivity index (χ0) is 21.1. The number of aromatic nitrogens is 6. The van der Waals surface area contributed by atoms with Crippen LogP contribution < -0.4 is 10.1 Å². The van der Waals surface area contributed by atoms with E-state index in [2.05, 4.69) is 25.7 Å². The van der Waals surface area contributed by atoms with E-state index in [1.54, 1.807) is 0 Å². The van der Waals surface area contributed by atoms with E-state index in [9.17, 15) is 4.79 Å². The molecule has 30 heavy (non-hydrogen) atoms. The second kappa shape index (κ2) is 8.92. The summed E-state index contributed by atoms with van der Waals surface area (Å²) in [6.45, 7) is 3.31. The number of carbonyl (C=O) groups excluding carboxylic acids is 1. The predicted octanol–water partition coefficient (Wildman–Crippen LogP) is 3.30. The maximum Gasteiger partial charge on any atom is 0.222 e. The molecule has 4 rings (SSSR count). The molecule has 3 aromatic rings. The Morgan fingerprint density at radius 3 is 2.63 bits per heavy atom. The minimum atomic E-state index is -0.0907. The van der Waals surface area contributed by atoms with Gasteiger partial charge < -0.3 is 10.1 Å². The quantitative estimate of drug-likeness (QED) is 0.437. The average molecular weight is 446 g/mol. The largest absolute Gasteiger partial charge is 0.494 e. The van der Waals surface area contributed by atoms with Gasteiger partial charge in [-0.3, -0.25) is 24.1 Å². The fraction of sp³-hybridized carbons (Fsp3) is 0.421. The first-order valence-corrected chi connectivity index (χ1v) is 10.7. The summed E-state index contributed by atoms with van der Waals surface area (Å²) in [5, 5.41) is 17.1. The number of H-pyrrole nitrogens is 2. The molecule has 1 fully saturated rings. The van der Waals surface area contributed by atoms with Crippen LogP contribution >= 0.6 is 24.4 Å². The molecular weight excluding hydrogens is 422 g/mol. The lowest BCUT2D eigenvalue weighted by Gasteiger charge is -2.09. The van der Waals surface area contributed by atoms with Gasteiger partial charge in [-0.1, -0.05) is 0 Å². The number of carbonyl (C=O) groups is 1. The van der Waals surface area contributed by atoms with Gasteiger partial charge in [0.15, 0.2) is 21.2 Å². The highest BCUT2D eigenvalue weighted by molar-refractivity contribution is 7.71. The van der Waals surface area contributed by atoms with Gasteiger partial charge in [-0.2, -0.15) is 10.2 Å². The van der Waals surface area contributed by atoms with Crippen LogP contribution in [-0.2, 0) is 17.9 Å². The second-order valence-electron chi connectivity index (χ2n) is 7.03. The Morgan fingerprint density at radius 2 is 1.93 bits per heavy atom. The highest BCUT2D eigenvalue weighted by atomic mass is 32.1. The molecule has 2 heterocycles. The molecule has 1 saturated carbocycles. The zero-order valence-electron chi connectivity index (χ0n) is 16.6. The van der Waals surface area contributed by atoms with E-state index in [1.165, 1.54) is 0 Å². The minimum absolute atomic E-state index is 0.0907. The monoisotopic (exact) mass is 445 g/mol. The summed E-state index contributed by atoms with van der Waals surface area (Å²) in [6, 6.07) is 8.03. The van der Waals surface area contributed by atoms with Gasteiger partial charge in [0.1, 0.15) is 5.75 Å². The highest BCUT2D eigenvalue weighted by Gasteiger charge is 2.27. The minimum Gasteiger partial charge on any atom is -0.494 e. The third kappa shape index (κ3) is 4.51. The normalized spacial score (nSPS) is 13.4. The number of benzene rings is 1. The van der Waals surface area contributed by atoms with E-state index in [-0.39, 0.29) is 12.3 Å². The van der Waals surface area contributed by atoms with Crippen LogP contribution in [-0.4, -0.2) is 42.0 Å². The van der Waals surface area contributed by atoms with Crippen molar-refractivity contribution < 1.29 is 9.53 Å². The molecule has 158 valence electrons. The maximum absolute atomic E-state index is 12.4. The van der Waals surface area contributed by atoms with Crippen LogP contribution in [0.3, 0.4) is 0 Å². The third-order valence-electron chi connectivity index (χ3n) is 4.88. The number of nitrogens with one attached hydrogen (secondary N) is 3. The lowest BCUT2D eigenvalue weighted by molar-refractivity contribution is -0.121. The van der Waals surface area contributed by atoms with Crippen LogP contribution in [0.15, 0.2) is 24.3 Å². The van der Waals surface area contributed by atoms with Gasteiger partial charge >= 0.3 is 0 Å². The Balaban J connectivity index is 1.38. The zero-order valence-corrected chi connectivity index (χ0v) is 18.2. The molecule has 1 aromatic carbocycles. The third-order valence-corrected chi connectivity index (χ3v) is 5.48. The smallest absolute Gasteiger partial charge is 0.222 e. The summed E-state index contributed by atoms with van der Waals surface area (Å²) in [6.07, 6.45) is 2.47. The Morgan fingerprint density at radius 1 is 1.20 bits per heavy atom. The van der Waals surface area contributed by atoms with Gasteiger partial charge in [0.2, 0.25) is 5.91 Å². The van der Waals surface area contributed by atoms with E-state index >= 15 is 0 Å². The number of aromatic amines is 2. The molecule has 0 unspecified atom stereocenters. The molecule has 0 aliphatic heterocycles. The molecule has 1 aliphatic rings. The van der Waals surface area contributed by atoms with Crippen molar-refractivity contribution in [3.63, 3.8) is 0 Å². The summed E-state index contributed by atoms with van der Waals surface area (Å²) < 4.78 is 10.4. The van der Waals surface area contributed by atoms with Crippen molar-refractivity contribution in [1.82, 2.24) is 34.8 Å². The average Bonchev–Trinajstić information content (AvgIpc) is 3.41. The topological polar surface area (TPSA) is 106 Å². The number of ether oxygens (including phenoxy) is 1. The number of amides is 1. The SMILES string of the molecule is CCOc1ccc(-c2n[nH]c(=S)n2CCC(=O)NCc2n[nH]c(=S)n2C2CC2)cc1. The van der Waals surface area contributed by atoms with Crippen molar-refractivity contribution >= 4 is 30.3 Å². The number of hydrogen-bond donors (Lipinski definition) is 3. The Labute approximate surface area is 183 Å². The van der Waals surface area contributed by atoms with Crippen LogP contribution in [0.4, 0.5) is 0 Å². The van der Waals surface area contributed by atoms with Crippen molar-refractivity contribution in [1.29, 1.82) is 0 Å². The molecule has 3 N–H and O–H groups in total. The lowest BCUT2D eigenvalue weighted by Crippen LogP contribution is -2.25. The van der Waals surface area contributed by atoms with Crippen LogP contribution in [0.25, 0.3) is 11.4 Å². The molecule has 0 spiro atoms. The number of hydrogen-bond acceptors (Lipinski definition) is 6. The van der Waals surface area contributed by atoms with E-state index in [4.69, 9.17) is 29.2 Å². The van der Waals surface area contributed by atoms with Crippen molar-refractivity contribution in [2.45, 2.75) is 45.3 Å². The summed E-state index contributed by atoms with van der Waals surface area (Å²) in [7, 11) is 0. The summed E-state index contributed by atoms with van der Waals surface area (Å²) in [4.78, 5) is 12.4. The van der Waals surface area contributed by atoms with Crippen molar-refractivity contribution in [2.24, 2.45) is 0 Å². The first kappa shape index (κ1) is 20.5. The van der Waals surface area contributed by atoms with Crippen LogP contribution in [0.1, 0.15) is 38.1 Å². The lowest BCUT2D eigenvalue weighted by atomic mass is 10.2. The standard InChI is InChI=1S/C19H23N7O2S2/c1-2-28-14-7-3-12(4-8-14)17-22-23-18(29)25(17)10-9-16(27)20-11-15-21-24-19(30)26(15)13-5-6-13/h3-4,7-8,13H,2,5-6,9-11H2,1H3,(H,20,27)(H,23,29)(H,24,30). The van der Waals surface area contributed by atoms with Crippen LogP contribution in [0, 0.1) is 9.54 Å². The number of rotatable bonds is 9. The molecule has 9 nitrogen and oxygen atoms in total. The van der Waals surface area contributed by atoms with Crippen LogP contribution in [0.2, 0.25) is 0 Å². The van der Waals surface area contributed by atoms with Gasteiger partial charge in [0.05, 0.1) is 13.2 Å². The molecule has 0 saturated heterocycles. The molecule has 0 atom stereocenters. The Bertz CT molecular complexity index is 1140. The number of nitrogens with zero attached hydrogens (tertiary/aromatic N) is 4. The molecule has 2 aromatic heterocycles. The Hall–Kier alpha value is -2.79. The van der Waals surface area contributed by atoms with E-state index in [0.29, 0.717) is 41.1 Å². The van der Waals surface area contributed by atoms with Crippen molar-refractivity contribution in [2.75, 3.05) is 6.61 Å². The highest BCUT2D eigenvalue weighted by Crippen LogP contribution is 2.35. The van der Waals surface area contributed by atoms with E-state index < -0.39 is 0 Å². The summed E-state index contributed by atoms with van der Waals surface area (Å²) >= 11 is 10.6. The van der Waals surface area contributed by atoms with Gasteiger partial charge in [0, 0.05) is 24.6 Å². The molecule has 0 bridgehead atoms. The first-order chi connectivity index (χ1) is 14.6. The van der Waals surface area contributed by atoms with Crippen molar-refractivity contribution in [3.8, 4) is 17.1 Å². The second-order valence-corrected chi connectivity index (χ2v) is 7.81. The van der Waals surface area contributed by atoms with Crippen LogP contribution in [0.5, 0.6) is 5.75 Å². The fourth-order valence-corrected chi connectivity index (χ4v) is 3.79. The first-order valence-electron chi connectivity index (χ1n) is 9.87. The van der Waals surface area contributed by atoms with Gasteiger partial charge in [-0.25, -0.2) is 0 Å². The van der Waals surface area contributed by atoms with Gasteiger partial charge in [-0.05, 0) is 68.5 Å². The summed E-state index contributed by atoms with van der Waals surface area (Å²) in [5.74, 6) is 2.15. The van der Waals surface area contributed by atoms with E-state index in [1.807, 2.05) is 40.3 Å². The maximum atomic E-state index is 12.4. The molecule has 1 amide bonds. The molecule has 11 heteroatoms. The Kier molecular flexibility index (Phi) is 6.09. The van der Waals surface area contributed by atoms with Gasteiger partial charge in [0.25, 0.3) is 0 Å².